The molecule has 0 aliphatic carbocycles. The van der Waals surface area contributed by atoms with Crippen molar-refractivity contribution < 1.29 is 9.53 Å². The molecule has 0 fully saturated rings. The van der Waals surface area contributed by atoms with Gasteiger partial charge in [0.1, 0.15) is 18.8 Å². The van der Waals surface area contributed by atoms with Crippen molar-refractivity contribution in [3.05, 3.63) is 59.7 Å². The number of amidine groups is 1. The van der Waals surface area contributed by atoms with E-state index in [-0.39, 0.29) is 11.8 Å². The number of anilines is 2. The minimum absolute atomic E-state index is 0.0300. The fraction of sp³-hybridized carbons (Fsp3) is 0.211. The molecular weight excluding hydrogens is 330 g/mol. The highest BCUT2D eigenvalue weighted by Crippen LogP contribution is 2.25. The molecule has 7 nitrogen and oxygen atoms in total. The van der Waals surface area contributed by atoms with Gasteiger partial charge in [-0.3, -0.25) is 10.2 Å². The Kier molecular flexibility index (Phi) is 5.17. The smallest absolute Gasteiger partial charge is 0.305 e. The summed E-state index contributed by atoms with van der Waals surface area (Å²) in [5, 5.41) is 14.0. The number of hydrazone groups is 1. The van der Waals surface area contributed by atoms with Gasteiger partial charge in [0.2, 0.25) is 0 Å². The zero-order chi connectivity index (χ0) is 18.5. The van der Waals surface area contributed by atoms with Crippen LogP contribution in [-0.4, -0.2) is 31.9 Å². The second-order valence-corrected chi connectivity index (χ2v) is 5.92. The van der Waals surface area contributed by atoms with Crippen LogP contribution in [0.2, 0.25) is 0 Å². The fourth-order valence-corrected chi connectivity index (χ4v) is 2.76. The molecule has 26 heavy (non-hydrogen) atoms. The standard InChI is InChI=1S/C19H21N5O2/c1-26-18(25)11-8-14-6-9-15(10-7-14)24-13-23(12-22-24)17-5-3-2-4-16(17)19(20)21/h2-7,9-10,12H,8,11,13H2,1H3,(H3,20,21). The average Bonchev–Trinajstić information content (AvgIpc) is 3.16. The summed E-state index contributed by atoms with van der Waals surface area (Å²) in [7, 11) is 1.40. The van der Waals surface area contributed by atoms with Gasteiger partial charge in [0.25, 0.3) is 0 Å². The second kappa shape index (κ2) is 7.69. The zero-order valence-electron chi connectivity index (χ0n) is 14.6. The first-order chi connectivity index (χ1) is 12.6. The summed E-state index contributed by atoms with van der Waals surface area (Å²) in [4.78, 5) is 13.2. The molecule has 0 saturated carbocycles. The maximum atomic E-state index is 11.2. The molecule has 1 heterocycles. The van der Waals surface area contributed by atoms with Crippen molar-refractivity contribution in [3.8, 4) is 0 Å². The van der Waals surface area contributed by atoms with Crippen LogP contribution >= 0.6 is 0 Å². The van der Waals surface area contributed by atoms with E-state index in [1.54, 1.807) is 6.34 Å². The first-order valence-corrected chi connectivity index (χ1v) is 8.26. The molecule has 0 unspecified atom stereocenters. The zero-order valence-corrected chi connectivity index (χ0v) is 14.6. The number of methoxy groups -OCH3 is 1. The molecule has 3 N–H and O–H groups in total. The topological polar surface area (TPSA) is 95.0 Å². The largest absolute Gasteiger partial charge is 0.469 e. The van der Waals surface area contributed by atoms with E-state index in [1.807, 2.05) is 58.4 Å². The number of para-hydroxylation sites is 1. The summed E-state index contributed by atoms with van der Waals surface area (Å²) < 4.78 is 4.66. The van der Waals surface area contributed by atoms with Gasteiger partial charge in [0.15, 0.2) is 0 Å². The Labute approximate surface area is 152 Å². The number of nitrogens with zero attached hydrogens (tertiary/aromatic N) is 3. The number of nitrogens with one attached hydrogen (secondary N) is 1. The quantitative estimate of drug-likeness (QED) is 0.473. The van der Waals surface area contributed by atoms with Gasteiger partial charge in [-0.1, -0.05) is 24.3 Å². The Bertz CT molecular complexity index is 832. The number of hydrogen-bond acceptors (Lipinski definition) is 6. The summed E-state index contributed by atoms with van der Waals surface area (Å²) in [6, 6.07) is 15.4. The van der Waals surface area contributed by atoms with Crippen LogP contribution in [0.4, 0.5) is 11.4 Å². The van der Waals surface area contributed by atoms with Crippen LogP contribution in [0.15, 0.2) is 53.6 Å². The Morgan fingerprint density at radius 2 is 1.96 bits per heavy atom. The predicted octanol–water partition coefficient (Wildman–Crippen LogP) is 2.30. The van der Waals surface area contributed by atoms with Crippen LogP contribution in [0.25, 0.3) is 0 Å². The summed E-state index contributed by atoms with van der Waals surface area (Å²) in [5.41, 5.74) is 9.22. The highest BCUT2D eigenvalue weighted by Gasteiger charge is 2.19. The Morgan fingerprint density at radius 1 is 1.23 bits per heavy atom. The third-order valence-corrected chi connectivity index (χ3v) is 4.20. The number of rotatable bonds is 6. The number of nitrogens with two attached hydrogens (primary N) is 1. The van der Waals surface area contributed by atoms with Gasteiger partial charge in [0, 0.05) is 12.0 Å². The van der Waals surface area contributed by atoms with E-state index in [1.165, 1.54) is 7.11 Å². The van der Waals surface area contributed by atoms with E-state index in [0.717, 1.165) is 16.9 Å². The molecule has 0 radical (unpaired) electrons. The molecule has 0 aromatic heterocycles. The van der Waals surface area contributed by atoms with E-state index < -0.39 is 0 Å². The Morgan fingerprint density at radius 3 is 2.65 bits per heavy atom. The van der Waals surface area contributed by atoms with Gasteiger partial charge in [-0.15, -0.1) is 0 Å². The van der Waals surface area contributed by atoms with E-state index >= 15 is 0 Å². The minimum Gasteiger partial charge on any atom is -0.469 e. The number of ether oxygens (including phenoxy) is 1. The molecule has 0 atom stereocenters. The lowest BCUT2D eigenvalue weighted by Crippen LogP contribution is -2.28. The Balaban J connectivity index is 1.67. The van der Waals surface area contributed by atoms with Crippen molar-refractivity contribution in [1.29, 1.82) is 5.41 Å². The molecule has 0 amide bonds. The number of benzene rings is 2. The number of esters is 1. The first-order valence-electron chi connectivity index (χ1n) is 8.26. The van der Waals surface area contributed by atoms with E-state index in [9.17, 15) is 4.79 Å². The molecule has 2 aromatic rings. The monoisotopic (exact) mass is 351 g/mol. The fourth-order valence-electron chi connectivity index (χ4n) is 2.76. The van der Waals surface area contributed by atoms with Crippen molar-refractivity contribution in [3.63, 3.8) is 0 Å². The third-order valence-electron chi connectivity index (χ3n) is 4.20. The molecular formula is C19H21N5O2. The van der Waals surface area contributed by atoms with Crippen LogP contribution in [0, 0.1) is 5.41 Å². The van der Waals surface area contributed by atoms with Gasteiger partial charge >= 0.3 is 5.97 Å². The number of nitrogen functional groups attached to an aromatic ring is 1. The van der Waals surface area contributed by atoms with Gasteiger partial charge in [-0.05, 0) is 36.2 Å². The van der Waals surface area contributed by atoms with Gasteiger partial charge in [-0.25, -0.2) is 5.01 Å². The molecule has 1 aliphatic heterocycles. The van der Waals surface area contributed by atoms with Crippen LogP contribution in [0.3, 0.4) is 0 Å². The molecule has 134 valence electrons. The first kappa shape index (κ1) is 17.5. The maximum Gasteiger partial charge on any atom is 0.305 e. The number of hydrogen-bond donors (Lipinski definition) is 2. The molecule has 0 saturated heterocycles. The molecule has 0 bridgehead atoms. The molecule has 0 spiro atoms. The van der Waals surface area contributed by atoms with Crippen molar-refractivity contribution in [2.24, 2.45) is 10.8 Å². The highest BCUT2D eigenvalue weighted by molar-refractivity contribution is 6.03. The molecule has 7 heteroatoms. The number of carbonyl (C=O) groups is 1. The van der Waals surface area contributed by atoms with Gasteiger partial charge < -0.3 is 15.4 Å². The lowest BCUT2D eigenvalue weighted by atomic mass is 10.1. The molecule has 1 aliphatic rings. The van der Waals surface area contributed by atoms with Gasteiger partial charge in [-0.2, -0.15) is 5.10 Å². The number of aryl methyl sites for hydroxylation is 1. The van der Waals surface area contributed by atoms with Crippen LogP contribution in [-0.2, 0) is 16.0 Å². The second-order valence-electron chi connectivity index (χ2n) is 5.92. The maximum absolute atomic E-state index is 11.2. The Hall–Kier alpha value is -3.35. The van der Waals surface area contributed by atoms with E-state index in [4.69, 9.17) is 11.1 Å². The van der Waals surface area contributed by atoms with Crippen molar-refractivity contribution in [2.45, 2.75) is 12.8 Å². The van der Waals surface area contributed by atoms with Crippen LogP contribution < -0.4 is 15.6 Å². The lowest BCUT2D eigenvalue weighted by molar-refractivity contribution is -0.140. The molecule has 3 rings (SSSR count). The minimum atomic E-state index is -0.210. The third kappa shape index (κ3) is 3.83. The summed E-state index contributed by atoms with van der Waals surface area (Å²) in [6.07, 6.45) is 2.74. The highest BCUT2D eigenvalue weighted by atomic mass is 16.5. The molecule has 2 aromatic carbocycles. The SMILES string of the molecule is COC(=O)CCc1ccc(N2CN(c3ccccc3C(=N)N)C=N2)cc1. The number of carbonyl (C=O) groups excluding carboxylic acids is 1. The van der Waals surface area contributed by atoms with Crippen LogP contribution in [0.5, 0.6) is 0 Å². The van der Waals surface area contributed by atoms with Crippen molar-refractivity contribution in [1.82, 2.24) is 0 Å². The van der Waals surface area contributed by atoms with Crippen LogP contribution in [0.1, 0.15) is 17.5 Å². The van der Waals surface area contributed by atoms with Crippen molar-refractivity contribution in [2.75, 3.05) is 23.7 Å². The predicted molar refractivity (Wildman–Crippen MR) is 103 cm³/mol. The van der Waals surface area contributed by atoms with Crippen molar-refractivity contribution >= 4 is 29.5 Å². The normalized spacial score (nSPS) is 13.1. The summed E-state index contributed by atoms with van der Waals surface area (Å²) >= 11 is 0. The summed E-state index contributed by atoms with van der Waals surface area (Å²) in [5.74, 6) is -0.180. The van der Waals surface area contributed by atoms with E-state index in [2.05, 4.69) is 9.84 Å². The van der Waals surface area contributed by atoms with E-state index in [0.29, 0.717) is 25.1 Å². The van der Waals surface area contributed by atoms with Gasteiger partial charge in [0.05, 0.1) is 18.5 Å². The summed E-state index contributed by atoms with van der Waals surface area (Å²) in [6.45, 7) is 0.534. The average molecular weight is 351 g/mol. The lowest BCUT2D eigenvalue weighted by Gasteiger charge is -2.21.